The number of aryl methyl sites for hydroxylation is 2. The number of nitrogens with one attached hydrogen (secondary N) is 1. The van der Waals surface area contributed by atoms with Gasteiger partial charge in [0.15, 0.2) is 0 Å². The van der Waals surface area contributed by atoms with Crippen LogP contribution in [0.5, 0.6) is 0 Å². The van der Waals surface area contributed by atoms with Gasteiger partial charge in [-0.15, -0.1) is 0 Å². The van der Waals surface area contributed by atoms with Crippen LogP contribution in [0.15, 0.2) is 24.3 Å². The fraction of sp³-hybridized carbons (Fsp3) is 0.375. The zero-order valence-electron chi connectivity index (χ0n) is 13.5. The first kappa shape index (κ1) is 15.7. The quantitative estimate of drug-likeness (QED) is 0.931. The normalized spacial score (nSPS) is 14.5. The molecule has 0 amide bonds. The molecule has 0 bridgehead atoms. The SMILES string of the molecule is Cc1cc(N2CCc3c(cccc3NS(C)(=O)=O)C2)nc(C)n1. The average molecular weight is 332 g/mol. The maximum atomic E-state index is 11.5. The third kappa shape index (κ3) is 3.61. The van der Waals surface area contributed by atoms with E-state index in [1.54, 1.807) is 0 Å². The van der Waals surface area contributed by atoms with Crippen molar-refractivity contribution in [2.45, 2.75) is 26.8 Å². The lowest BCUT2D eigenvalue weighted by Gasteiger charge is -2.31. The first-order valence-corrected chi connectivity index (χ1v) is 9.37. The van der Waals surface area contributed by atoms with Crippen LogP contribution in [-0.2, 0) is 23.0 Å². The second-order valence-corrected chi connectivity index (χ2v) is 7.65. The molecular formula is C16H20N4O2S. The standard InChI is InChI=1S/C16H20N4O2S/c1-11-9-16(18-12(2)17-11)20-8-7-14-13(10-20)5-4-6-15(14)19-23(3,21)22/h4-6,9,19H,7-8,10H2,1-3H3. The van der Waals surface area contributed by atoms with Crippen molar-refractivity contribution < 1.29 is 8.42 Å². The Morgan fingerprint density at radius 3 is 2.70 bits per heavy atom. The Bertz CT molecular complexity index is 829. The number of sulfonamides is 1. The second-order valence-electron chi connectivity index (χ2n) is 5.90. The molecule has 0 atom stereocenters. The molecule has 122 valence electrons. The molecule has 0 radical (unpaired) electrons. The Labute approximate surface area is 136 Å². The summed E-state index contributed by atoms with van der Waals surface area (Å²) < 4.78 is 25.6. The summed E-state index contributed by atoms with van der Waals surface area (Å²) in [5.41, 5.74) is 3.82. The van der Waals surface area contributed by atoms with Gasteiger partial charge in [-0.3, -0.25) is 4.72 Å². The summed E-state index contributed by atoms with van der Waals surface area (Å²) in [6.07, 6.45) is 1.95. The number of benzene rings is 1. The largest absolute Gasteiger partial charge is 0.352 e. The second kappa shape index (κ2) is 5.81. The molecule has 7 heteroatoms. The topological polar surface area (TPSA) is 75.2 Å². The van der Waals surface area contributed by atoms with Gasteiger partial charge >= 0.3 is 0 Å². The smallest absolute Gasteiger partial charge is 0.229 e. The van der Waals surface area contributed by atoms with Crippen LogP contribution < -0.4 is 9.62 Å². The van der Waals surface area contributed by atoms with Crippen molar-refractivity contribution in [2.75, 3.05) is 22.4 Å². The first-order valence-electron chi connectivity index (χ1n) is 7.47. The molecule has 0 fully saturated rings. The molecule has 0 aliphatic carbocycles. The number of nitrogens with zero attached hydrogens (tertiary/aromatic N) is 3. The van der Waals surface area contributed by atoms with Gasteiger partial charge < -0.3 is 4.90 Å². The fourth-order valence-electron chi connectivity index (χ4n) is 2.96. The summed E-state index contributed by atoms with van der Waals surface area (Å²) in [4.78, 5) is 11.0. The third-order valence-corrected chi connectivity index (χ3v) is 4.43. The summed E-state index contributed by atoms with van der Waals surface area (Å²) >= 11 is 0. The number of anilines is 2. The van der Waals surface area contributed by atoms with E-state index in [0.29, 0.717) is 12.2 Å². The highest BCUT2D eigenvalue weighted by atomic mass is 32.2. The van der Waals surface area contributed by atoms with Crippen LogP contribution >= 0.6 is 0 Å². The van der Waals surface area contributed by atoms with Crippen molar-refractivity contribution in [1.82, 2.24) is 9.97 Å². The molecule has 6 nitrogen and oxygen atoms in total. The van der Waals surface area contributed by atoms with Crippen molar-refractivity contribution in [3.8, 4) is 0 Å². The lowest BCUT2D eigenvalue weighted by molar-refractivity contribution is 0.606. The van der Waals surface area contributed by atoms with Gasteiger partial charge in [0.2, 0.25) is 10.0 Å². The van der Waals surface area contributed by atoms with Crippen LogP contribution in [0.25, 0.3) is 0 Å². The van der Waals surface area contributed by atoms with Crippen molar-refractivity contribution >= 4 is 21.5 Å². The molecule has 23 heavy (non-hydrogen) atoms. The lowest BCUT2D eigenvalue weighted by Crippen LogP contribution is -2.32. The van der Waals surface area contributed by atoms with Gasteiger partial charge in [-0.2, -0.15) is 0 Å². The van der Waals surface area contributed by atoms with Gasteiger partial charge in [-0.1, -0.05) is 12.1 Å². The van der Waals surface area contributed by atoms with Crippen LogP contribution in [0, 0.1) is 13.8 Å². The van der Waals surface area contributed by atoms with Crippen molar-refractivity contribution in [2.24, 2.45) is 0 Å². The van der Waals surface area contributed by atoms with E-state index >= 15 is 0 Å². The molecule has 0 unspecified atom stereocenters. The maximum Gasteiger partial charge on any atom is 0.229 e. The summed E-state index contributed by atoms with van der Waals surface area (Å²) in [7, 11) is -3.27. The van der Waals surface area contributed by atoms with Gasteiger partial charge in [0.05, 0.1) is 11.9 Å². The van der Waals surface area contributed by atoms with Crippen molar-refractivity contribution in [3.63, 3.8) is 0 Å². The van der Waals surface area contributed by atoms with E-state index in [2.05, 4.69) is 19.6 Å². The van der Waals surface area contributed by atoms with Crippen LogP contribution in [0.2, 0.25) is 0 Å². The van der Waals surface area contributed by atoms with E-state index in [-0.39, 0.29) is 0 Å². The predicted octanol–water partition coefficient (Wildman–Crippen LogP) is 2.03. The molecule has 1 aliphatic heterocycles. The molecule has 2 aromatic rings. The zero-order chi connectivity index (χ0) is 16.6. The highest BCUT2D eigenvalue weighted by molar-refractivity contribution is 7.92. The van der Waals surface area contributed by atoms with E-state index in [1.807, 2.05) is 38.1 Å². The van der Waals surface area contributed by atoms with Crippen molar-refractivity contribution in [1.29, 1.82) is 0 Å². The number of fused-ring (bicyclic) bond motifs is 1. The van der Waals surface area contributed by atoms with Gasteiger partial charge in [0, 0.05) is 24.8 Å². The lowest BCUT2D eigenvalue weighted by atomic mass is 9.98. The molecule has 3 rings (SSSR count). The van der Waals surface area contributed by atoms with Crippen molar-refractivity contribution in [3.05, 3.63) is 46.9 Å². The molecule has 1 N–H and O–H groups in total. The minimum atomic E-state index is -3.27. The van der Waals surface area contributed by atoms with Gasteiger partial charge in [-0.05, 0) is 37.5 Å². The minimum absolute atomic E-state index is 0.680. The van der Waals surface area contributed by atoms with Gasteiger partial charge in [0.25, 0.3) is 0 Å². The summed E-state index contributed by atoms with van der Waals surface area (Å²) in [5, 5.41) is 0. The molecule has 0 saturated carbocycles. The van der Waals surface area contributed by atoms with E-state index in [0.717, 1.165) is 41.4 Å². The highest BCUT2D eigenvalue weighted by Crippen LogP contribution is 2.29. The highest BCUT2D eigenvalue weighted by Gasteiger charge is 2.21. The average Bonchev–Trinajstić information content (AvgIpc) is 2.44. The maximum absolute atomic E-state index is 11.5. The summed E-state index contributed by atoms with van der Waals surface area (Å²) in [6, 6.07) is 7.72. The number of aromatic nitrogens is 2. The molecule has 1 aromatic heterocycles. The van der Waals surface area contributed by atoms with E-state index in [1.165, 1.54) is 6.26 Å². The van der Waals surface area contributed by atoms with Gasteiger partial charge in [-0.25, -0.2) is 18.4 Å². The Morgan fingerprint density at radius 1 is 1.22 bits per heavy atom. The summed E-state index contributed by atoms with van der Waals surface area (Å²) in [5.74, 6) is 1.68. The Balaban J connectivity index is 1.91. The monoisotopic (exact) mass is 332 g/mol. The molecule has 1 aromatic carbocycles. The molecule has 0 spiro atoms. The Hall–Kier alpha value is -2.15. The van der Waals surface area contributed by atoms with Gasteiger partial charge in [0.1, 0.15) is 11.6 Å². The van der Waals surface area contributed by atoms with Crippen LogP contribution in [-0.4, -0.2) is 31.2 Å². The minimum Gasteiger partial charge on any atom is -0.352 e. The van der Waals surface area contributed by atoms with Crippen LogP contribution in [0.4, 0.5) is 11.5 Å². The molecule has 1 aliphatic rings. The number of hydrogen-bond acceptors (Lipinski definition) is 5. The fourth-order valence-corrected chi connectivity index (χ4v) is 3.55. The first-order chi connectivity index (χ1) is 10.8. The van der Waals surface area contributed by atoms with Crippen LogP contribution in [0.1, 0.15) is 22.6 Å². The van der Waals surface area contributed by atoms with E-state index < -0.39 is 10.0 Å². The molecule has 0 saturated heterocycles. The summed E-state index contributed by atoms with van der Waals surface area (Å²) in [6.45, 7) is 5.36. The van der Waals surface area contributed by atoms with Crippen LogP contribution in [0.3, 0.4) is 0 Å². The Kier molecular flexibility index (Phi) is 3.97. The predicted molar refractivity (Wildman–Crippen MR) is 91.2 cm³/mol. The zero-order valence-corrected chi connectivity index (χ0v) is 14.3. The number of rotatable bonds is 3. The third-order valence-electron chi connectivity index (χ3n) is 3.84. The Morgan fingerprint density at radius 2 is 2.00 bits per heavy atom. The molecular weight excluding hydrogens is 312 g/mol. The van der Waals surface area contributed by atoms with E-state index in [4.69, 9.17) is 0 Å². The number of hydrogen-bond donors (Lipinski definition) is 1. The molecule has 2 heterocycles. The van der Waals surface area contributed by atoms with E-state index in [9.17, 15) is 8.42 Å².